The van der Waals surface area contributed by atoms with Crippen molar-refractivity contribution in [3.05, 3.63) is 181 Å². The van der Waals surface area contributed by atoms with E-state index in [-0.39, 0.29) is 5.41 Å². The van der Waals surface area contributed by atoms with Crippen molar-refractivity contribution < 1.29 is 0 Å². The maximum Gasteiger partial charge on any atom is 0.238 e. The van der Waals surface area contributed by atoms with Crippen molar-refractivity contribution >= 4 is 33.1 Å². The van der Waals surface area contributed by atoms with Crippen LogP contribution in [0, 0.1) is 0 Å². The normalized spacial score (nSPS) is 12.9. The average molecular weight is 751 g/mol. The van der Waals surface area contributed by atoms with E-state index in [1.165, 1.54) is 32.0 Å². The molecule has 7 heteroatoms. The highest BCUT2D eigenvalue weighted by molar-refractivity contribution is 7.18. The summed E-state index contributed by atoms with van der Waals surface area (Å²) in [4.78, 5) is 26.7. The molecule has 0 N–H and O–H groups in total. The first kappa shape index (κ1) is 33.3. The lowest BCUT2D eigenvalue weighted by atomic mass is 9.82. The molecule has 6 nitrogen and oxygen atoms in total. The lowest BCUT2D eigenvalue weighted by Crippen LogP contribution is -2.15. The number of nitrogens with zero attached hydrogens (tertiary/aromatic N) is 6. The van der Waals surface area contributed by atoms with Gasteiger partial charge in [0.1, 0.15) is 0 Å². The van der Waals surface area contributed by atoms with Crippen molar-refractivity contribution in [2.45, 2.75) is 19.3 Å². The molecule has 1 aliphatic carbocycles. The minimum absolute atomic E-state index is 0.173. The summed E-state index contributed by atoms with van der Waals surface area (Å²) in [7, 11) is 0. The van der Waals surface area contributed by atoms with Gasteiger partial charge >= 0.3 is 0 Å². The van der Waals surface area contributed by atoms with Gasteiger partial charge in [0.2, 0.25) is 5.95 Å². The zero-order valence-electron chi connectivity index (χ0n) is 31.3. The van der Waals surface area contributed by atoms with Crippen molar-refractivity contribution in [3.63, 3.8) is 0 Å². The van der Waals surface area contributed by atoms with Gasteiger partial charge in [0, 0.05) is 55.0 Å². The lowest BCUT2D eigenvalue weighted by molar-refractivity contribution is 0.661. The van der Waals surface area contributed by atoms with Crippen LogP contribution in [0.3, 0.4) is 0 Å². The SMILES string of the molecule is CC1(C)c2ccccc2-c2cc3c4cc(-c5ccc(-c6cccc(-c7cnccn7)c6)s5)ccc4n(-c4nc(-c5ccccc5)nc(-c5ccccc5)n4)c3cc21. The third-order valence-electron chi connectivity index (χ3n) is 11.3. The third kappa shape index (κ3) is 5.50. The van der Waals surface area contributed by atoms with Crippen LogP contribution in [0.5, 0.6) is 0 Å². The minimum atomic E-state index is -0.173. The number of fused-ring (bicyclic) bond motifs is 6. The van der Waals surface area contributed by atoms with Crippen molar-refractivity contribution in [2.24, 2.45) is 0 Å². The fourth-order valence-corrected chi connectivity index (χ4v) is 9.41. The Morgan fingerprint density at radius 1 is 0.491 bits per heavy atom. The van der Waals surface area contributed by atoms with Crippen LogP contribution < -0.4 is 0 Å². The van der Waals surface area contributed by atoms with Crippen molar-refractivity contribution in [2.75, 3.05) is 0 Å². The Bertz CT molecular complexity index is 3090. The van der Waals surface area contributed by atoms with E-state index in [1.54, 1.807) is 23.7 Å². The van der Waals surface area contributed by atoms with Gasteiger partial charge in [-0.15, -0.1) is 11.3 Å². The topological polar surface area (TPSA) is 69.4 Å². The minimum Gasteiger partial charge on any atom is -0.278 e. The summed E-state index contributed by atoms with van der Waals surface area (Å²) in [6.07, 6.45) is 5.24. The summed E-state index contributed by atoms with van der Waals surface area (Å²) in [5.41, 5.74) is 13.3. The second kappa shape index (κ2) is 13.0. The van der Waals surface area contributed by atoms with E-state index >= 15 is 0 Å². The molecule has 10 aromatic rings. The molecule has 4 aromatic heterocycles. The number of rotatable bonds is 6. The van der Waals surface area contributed by atoms with Gasteiger partial charge in [-0.05, 0) is 75.8 Å². The van der Waals surface area contributed by atoms with E-state index in [0.717, 1.165) is 55.3 Å². The second-order valence-corrected chi connectivity index (χ2v) is 16.1. The first-order valence-electron chi connectivity index (χ1n) is 19.1. The van der Waals surface area contributed by atoms with Crippen LogP contribution in [-0.4, -0.2) is 29.5 Å². The maximum absolute atomic E-state index is 5.22. The van der Waals surface area contributed by atoms with Gasteiger partial charge in [0.15, 0.2) is 11.6 Å². The smallest absolute Gasteiger partial charge is 0.238 e. The molecule has 0 aliphatic heterocycles. The molecule has 57 heavy (non-hydrogen) atoms. The van der Waals surface area contributed by atoms with Gasteiger partial charge < -0.3 is 0 Å². The highest BCUT2D eigenvalue weighted by Crippen LogP contribution is 2.51. The van der Waals surface area contributed by atoms with Gasteiger partial charge in [-0.25, -0.2) is 4.98 Å². The number of benzene rings is 6. The molecule has 6 aromatic carbocycles. The van der Waals surface area contributed by atoms with Crippen LogP contribution in [0.15, 0.2) is 170 Å². The predicted octanol–water partition coefficient (Wildman–Crippen LogP) is 12.5. The fraction of sp³-hybridized carbons (Fsp3) is 0.0600. The van der Waals surface area contributed by atoms with Crippen LogP contribution in [0.4, 0.5) is 0 Å². The molecular weight excluding hydrogens is 717 g/mol. The molecule has 1 aliphatic rings. The van der Waals surface area contributed by atoms with Gasteiger partial charge in [-0.1, -0.05) is 123 Å². The molecule has 0 saturated carbocycles. The van der Waals surface area contributed by atoms with E-state index in [0.29, 0.717) is 17.6 Å². The Morgan fingerprint density at radius 2 is 1.14 bits per heavy atom. The first-order chi connectivity index (χ1) is 28.0. The van der Waals surface area contributed by atoms with Crippen LogP contribution >= 0.6 is 11.3 Å². The zero-order valence-corrected chi connectivity index (χ0v) is 32.1. The molecule has 0 atom stereocenters. The maximum atomic E-state index is 5.22. The van der Waals surface area contributed by atoms with Crippen LogP contribution in [-0.2, 0) is 5.41 Å². The molecule has 0 radical (unpaired) electrons. The summed E-state index contributed by atoms with van der Waals surface area (Å²) >= 11 is 1.79. The van der Waals surface area contributed by atoms with E-state index in [1.807, 2.05) is 42.6 Å². The largest absolute Gasteiger partial charge is 0.278 e. The van der Waals surface area contributed by atoms with Gasteiger partial charge in [0.05, 0.1) is 22.9 Å². The van der Waals surface area contributed by atoms with Crippen molar-refractivity contribution in [3.8, 4) is 72.0 Å². The molecular formula is C50H34N6S. The van der Waals surface area contributed by atoms with Gasteiger partial charge in [-0.2, -0.15) is 9.97 Å². The van der Waals surface area contributed by atoms with Crippen molar-refractivity contribution in [1.82, 2.24) is 29.5 Å². The summed E-state index contributed by atoms with van der Waals surface area (Å²) < 4.78 is 2.24. The molecule has 0 saturated heterocycles. The molecule has 0 spiro atoms. The Morgan fingerprint density at radius 3 is 1.86 bits per heavy atom. The Labute approximate surface area is 333 Å². The number of thiophene rings is 1. The highest BCUT2D eigenvalue weighted by atomic mass is 32.1. The molecule has 0 fully saturated rings. The fourth-order valence-electron chi connectivity index (χ4n) is 8.41. The molecule has 11 rings (SSSR count). The quantitative estimate of drug-likeness (QED) is 0.169. The Kier molecular flexibility index (Phi) is 7.59. The molecule has 4 heterocycles. The Balaban J connectivity index is 1.13. The second-order valence-electron chi connectivity index (χ2n) is 15.0. The summed E-state index contributed by atoms with van der Waals surface area (Å²) in [6, 6.07) is 53.7. The van der Waals surface area contributed by atoms with Crippen LogP contribution in [0.25, 0.3) is 93.8 Å². The molecule has 0 amide bonds. The summed E-state index contributed by atoms with van der Waals surface area (Å²) in [5.74, 6) is 1.86. The molecule has 0 unspecified atom stereocenters. The molecule has 270 valence electrons. The summed E-state index contributed by atoms with van der Waals surface area (Å²) in [5, 5.41) is 2.31. The number of hydrogen-bond donors (Lipinski definition) is 0. The lowest BCUT2D eigenvalue weighted by Gasteiger charge is -2.21. The van der Waals surface area contributed by atoms with Gasteiger partial charge in [0.25, 0.3) is 0 Å². The van der Waals surface area contributed by atoms with Crippen LogP contribution in [0.1, 0.15) is 25.0 Å². The highest BCUT2D eigenvalue weighted by Gasteiger charge is 2.36. The van der Waals surface area contributed by atoms with E-state index < -0.39 is 0 Å². The monoisotopic (exact) mass is 750 g/mol. The average Bonchev–Trinajstić information content (AvgIpc) is 3.95. The summed E-state index contributed by atoms with van der Waals surface area (Å²) in [6.45, 7) is 4.66. The Hall–Kier alpha value is -7.09. The van der Waals surface area contributed by atoms with E-state index in [9.17, 15) is 0 Å². The molecule has 0 bridgehead atoms. The first-order valence-corrected chi connectivity index (χ1v) is 19.9. The van der Waals surface area contributed by atoms with Crippen LogP contribution in [0.2, 0.25) is 0 Å². The zero-order chi connectivity index (χ0) is 38.1. The van der Waals surface area contributed by atoms with E-state index in [4.69, 9.17) is 15.0 Å². The van der Waals surface area contributed by atoms with Gasteiger partial charge in [-0.3, -0.25) is 14.5 Å². The predicted molar refractivity (Wildman–Crippen MR) is 232 cm³/mol. The van der Waals surface area contributed by atoms with E-state index in [2.05, 4.69) is 144 Å². The third-order valence-corrected chi connectivity index (χ3v) is 12.4. The number of aromatic nitrogens is 6. The number of hydrogen-bond acceptors (Lipinski definition) is 6. The van der Waals surface area contributed by atoms with Crippen molar-refractivity contribution in [1.29, 1.82) is 0 Å². The standard InChI is InChI=1S/C50H34N6S/c1-50(2)40-19-10-9-18-36(40)37-28-39-38-27-35(46-23-22-45(57-46)34-17-11-16-33(26-34)42-30-51-24-25-52-42)20-21-43(38)56(44(39)29-41(37)50)49-54-47(31-12-5-3-6-13-31)53-48(55-49)32-14-7-4-8-15-32/h3-30H,1-2H3.